The van der Waals surface area contributed by atoms with E-state index in [1.54, 1.807) is 6.07 Å². The second kappa shape index (κ2) is 6.33. The van der Waals surface area contributed by atoms with Gasteiger partial charge in [-0.05, 0) is 50.6 Å². The minimum atomic E-state index is 0.159. The highest BCUT2D eigenvalue weighted by Crippen LogP contribution is 2.23. The van der Waals surface area contributed by atoms with Gasteiger partial charge in [-0.15, -0.1) is 0 Å². The lowest BCUT2D eigenvalue weighted by Crippen LogP contribution is -2.09. The first kappa shape index (κ1) is 14.3. The Bertz CT molecular complexity index is 579. The number of hydrogen-bond donors (Lipinski definition) is 2. The molecule has 0 aliphatic rings. The largest absolute Gasteiger partial charge is 0.508 e. The van der Waals surface area contributed by atoms with Gasteiger partial charge in [0.15, 0.2) is 0 Å². The summed E-state index contributed by atoms with van der Waals surface area (Å²) in [6.07, 6.45) is 0.159. The normalized spacial score (nSPS) is 10.6. The standard InChI is InChI=1S/C17H21NO2/c1-12(2)20-17-7-5-4-6-14(17)11-18-15-8-9-16(19)13(3)10-15/h4-10,12,18-19H,11H2,1-3H3. The summed E-state index contributed by atoms with van der Waals surface area (Å²) in [4.78, 5) is 0. The van der Waals surface area contributed by atoms with Gasteiger partial charge in [-0.3, -0.25) is 0 Å². The zero-order valence-corrected chi connectivity index (χ0v) is 12.2. The number of hydrogen-bond acceptors (Lipinski definition) is 3. The monoisotopic (exact) mass is 271 g/mol. The van der Waals surface area contributed by atoms with Gasteiger partial charge in [0.25, 0.3) is 0 Å². The van der Waals surface area contributed by atoms with Crippen LogP contribution in [0.5, 0.6) is 11.5 Å². The van der Waals surface area contributed by atoms with Crippen molar-refractivity contribution < 1.29 is 9.84 Å². The Hall–Kier alpha value is -2.16. The van der Waals surface area contributed by atoms with Gasteiger partial charge < -0.3 is 15.2 Å². The Morgan fingerprint density at radius 3 is 2.60 bits per heavy atom. The molecule has 0 aliphatic carbocycles. The first-order valence-electron chi connectivity index (χ1n) is 6.84. The fourth-order valence-electron chi connectivity index (χ4n) is 1.98. The molecule has 0 fully saturated rings. The molecule has 2 aromatic carbocycles. The highest BCUT2D eigenvalue weighted by Gasteiger charge is 2.05. The van der Waals surface area contributed by atoms with E-state index in [4.69, 9.17) is 4.74 Å². The molecule has 3 nitrogen and oxygen atoms in total. The first-order valence-corrected chi connectivity index (χ1v) is 6.84. The lowest BCUT2D eigenvalue weighted by Gasteiger charge is -2.15. The molecule has 0 amide bonds. The van der Waals surface area contributed by atoms with Crippen LogP contribution in [0.1, 0.15) is 25.0 Å². The van der Waals surface area contributed by atoms with Crippen LogP contribution in [0.15, 0.2) is 42.5 Å². The molecule has 0 unspecified atom stereocenters. The molecular weight excluding hydrogens is 250 g/mol. The Labute approximate surface area is 120 Å². The number of ether oxygens (including phenoxy) is 1. The molecule has 0 radical (unpaired) electrons. The summed E-state index contributed by atoms with van der Waals surface area (Å²) < 4.78 is 5.80. The lowest BCUT2D eigenvalue weighted by atomic mass is 10.1. The smallest absolute Gasteiger partial charge is 0.124 e. The minimum Gasteiger partial charge on any atom is -0.508 e. The van der Waals surface area contributed by atoms with Crippen LogP contribution in [-0.4, -0.2) is 11.2 Å². The van der Waals surface area contributed by atoms with Gasteiger partial charge in [0, 0.05) is 17.8 Å². The molecule has 2 rings (SSSR count). The van der Waals surface area contributed by atoms with E-state index >= 15 is 0 Å². The molecular formula is C17H21NO2. The average Bonchev–Trinajstić information content (AvgIpc) is 2.41. The Balaban J connectivity index is 2.08. The van der Waals surface area contributed by atoms with Crippen molar-refractivity contribution in [3.05, 3.63) is 53.6 Å². The number of phenolic OH excluding ortho intramolecular Hbond substituents is 1. The highest BCUT2D eigenvalue weighted by molar-refractivity contribution is 5.51. The molecule has 2 aromatic rings. The number of nitrogens with one attached hydrogen (secondary N) is 1. The van der Waals surface area contributed by atoms with Crippen molar-refractivity contribution in [3.8, 4) is 11.5 Å². The molecule has 0 atom stereocenters. The molecule has 0 saturated heterocycles. The molecule has 0 saturated carbocycles. The van der Waals surface area contributed by atoms with E-state index in [1.165, 1.54) is 0 Å². The molecule has 106 valence electrons. The summed E-state index contributed by atoms with van der Waals surface area (Å²) >= 11 is 0. The van der Waals surface area contributed by atoms with E-state index in [1.807, 2.05) is 51.1 Å². The third-order valence-electron chi connectivity index (χ3n) is 3.02. The third-order valence-corrected chi connectivity index (χ3v) is 3.02. The van der Waals surface area contributed by atoms with Crippen LogP contribution in [-0.2, 0) is 6.54 Å². The van der Waals surface area contributed by atoms with Crippen LogP contribution in [0.25, 0.3) is 0 Å². The number of rotatable bonds is 5. The van der Waals surface area contributed by atoms with Crippen molar-refractivity contribution in [2.75, 3.05) is 5.32 Å². The van der Waals surface area contributed by atoms with E-state index in [0.29, 0.717) is 12.3 Å². The topological polar surface area (TPSA) is 41.5 Å². The van der Waals surface area contributed by atoms with Gasteiger partial charge in [0.1, 0.15) is 11.5 Å². The van der Waals surface area contributed by atoms with Crippen molar-refractivity contribution in [3.63, 3.8) is 0 Å². The Morgan fingerprint density at radius 1 is 1.15 bits per heavy atom. The second-order valence-electron chi connectivity index (χ2n) is 5.13. The first-order chi connectivity index (χ1) is 9.56. The zero-order valence-electron chi connectivity index (χ0n) is 12.2. The molecule has 3 heteroatoms. The van der Waals surface area contributed by atoms with Gasteiger partial charge >= 0.3 is 0 Å². The van der Waals surface area contributed by atoms with E-state index in [0.717, 1.165) is 22.6 Å². The van der Waals surface area contributed by atoms with Crippen LogP contribution in [0.4, 0.5) is 5.69 Å². The molecule has 0 spiro atoms. The molecule has 0 bridgehead atoms. The summed E-state index contributed by atoms with van der Waals surface area (Å²) in [5.41, 5.74) is 2.97. The van der Waals surface area contributed by atoms with Crippen LogP contribution in [0.2, 0.25) is 0 Å². The number of benzene rings is 2. The van der Waals surface area contributed by atoms with Gasteiger partial charge in [-0.25, -0.2) is 0 Å². The van der Waals surface area contributed by atoms with E-state index in [-0.39, 0.29) is 6.10 Å². The van der Waals surface area contributed by atoms with Gasteiger partial charge in [0.05, 0.1) is 6.10 Å². The predicted molar refractivity (Wildman–Crippen MR) is 82.4 cm³/mol. The van der Waals surface area contributed by atoms with Crippen LogP contribution >= 0.6 is 0 Å². The fraction of sp³-hybridized carbons (Fsp3) is 0.294. The summed E-state index contributed by atoms with van der Waals surface area (Å²) in [7, 11) is 0. The summed E-state index contributed by atoms with van der Waals surface area (Å²) in [6.45, 7) is 6.62. The zero-order chi connectivity index (χ0) is 14.5. The lowest BCUT2D eigenvalue weighted by molar-refractivity contribution is 0.240. The molecule has 2 N–H and O–H groups in total. The molecule has 0 heterocycles. The fourth-order valence-corrected chi connectivity index (χ4v) is 1.98. The molecule has 20 heavy (non-hydrogen) atoms. The van der Waals surface area contributed by atoms with Gasteiger partial charge in [-0.1, -0.05) is 18.2 Å². The van der Waals surface area contributed by atoms with Crippen LogP contribution < -0.4 is 10.1 Å². The molecule has 0 aliphatic heterocycles. The maximum absolute atomic E-state index is 9.52. The Morgan fingerprint density at radius 2 is 1.90 bits per heavy atom. The van der Waals surface area contributed by atoms with Crippen molar-refractivity contribution in [2.24, 2.45) is 0 Å². The number of para-hydroxylation sites is 1. The Kier molecular flexibility index (Phi) is 4.51. The number of aromatic hydroxyl groups is 1. The van der Waals surface area contributed by atoms with Crippen molar-refractivity contribution in [2.45, 2.75) is 33.4 Å². The number of anilines is 1. The maximum Gasteiger partial charge on any atom is 0.124 e. The average molecular weight is 271 g/mol. The van der Waals surface area contributed by atoms with Crippen LogP contribution in [0, 0.1) is 6.92 Å². The van der Waals surface area contributed by atoms with E-state index in [2.05, 4.69) is 11.4 Å². The summed E-state index contributed by atoms with van der Waals surface area (Å²) in [6, 6.07) is 13.5. The van der Waals surface area contributed by atoms with Crippen molar-refractivity contribution in [1.29, 1.82) is 0 Å². The van der Waals surface area contributed by atoms with Crippen molar-refractivity contribution >= 4 is 5.69 Å². The van der Waals surface area contributed by atoms with Gasteiger partial charge in [0.2, 0.25) is 0 Å². The van der Waals surface area contributed by atoms with Crippen LogP contribution in [0.3, 0.4) is 0 Å². The quantitative estimate of drug-likeness (QED) is 0.804. The number of phenols is 1. The summed E-state index contributed by atoms with van der Waals surface area (Å²) in [5, 5.41) is 12.9. The van der Waals surface area contributed by atoms with E-state index < -0.39 is 0 Å². The number of aryl methyl sites for hydroxylation is 1. The minimum absolute atomic E-state index is 0.159. The second-order valence-corrected chi connectivity index (χ2v) is 5.13. The highest BCUT2D eigenvalue weighted by atomic mass is 16.5. The third kappa shape index (κ3) is 3.67. The summed E-state index contributed by atoms with van der Waals surface area (Å²) in [5.74, 6) is 1.23. The SMILES string of the molecule is Cc1cc(NCc2ccccc2OC(C)C)ccc1O. The van der Waals surface area contributed by atoms with E-state index in [9.17, 15) is 5.11 Å². The molecule has 0 aromatic heterocycles. The maximum atomic E-state index is 9.52. The van der Waals surface area contributed by atoms with Gasteiger partial charge in [-0.2, -0.15) is 0 Å². The predicted octanol–water partition coefficient (Wildman–Crippen LogP) is 4.10. The van der Waals surface area contributed by atoms with Crippen molar-refractivity contribution in [1.82, 2.24) is 0 Å².